The molecule has 4 nitrogen and oxygen atoms in total. The highest BCUT2D eigenvalue weighted by atomic mass is 16.3. The van der Waals surface area contributed by atoms with E-state index in [0.29, 0.717) is 19.0 Å². The summed E-state index contributed by atoms with van der Waals surface area (Å²) in [4.78, 5) is 11.6. The zero-order valence-electron chi connectivity index (χ0n) is 9.62. The number of carbonyl (C=O) groups excluding carboxylic acids is 1. The topological polar surface area (TPSA) is 75.3 Å². The summed E-state index contributed by atoms with van der Waals surface area (Å²) in [7, 11) is 0. The average Bonchev–Trinajstić information content (AvgIpc) is 2.93. The molecule has 0 spiro atoms. The fourth-order valence-corrected chi connectivity index (χ4v) is 1.70. The van der Waals surface area contributed by atoms with Gasteiger partial charge in [0.1, 0.15) is 0 Å². The average molecular weight is 214 g/mol. The van der Waals surface area contributed by atoms with Gasteiger partial charge in [0, 0.05) is 13.1 Å². The van der Waals surface area contributed by atoms with Gasteiger partial charge in [-0.3, -0.25) is 4.79 Å². The molecule has 1 unspecified atom stereocenters. The Morgan fingerprint density at radius 1 is 1.53 bits per heavy atom. The highest BCUT2D eigenvalue weighted by Crippen LogP contribution is 2.44. The first-order chi connectivity index (χ1) is 7.00. The van der Waals surface area contributed by atoms with Gasteiger partial charge in [0.25, 0.3) is 0 Å². The van der Waals surface area contributed by atoms with Crippen molar-refractivity contribution in [1.29, 1.82) is 0 Å². The van der Waals surface area contributed by atoms with Crippen LogP contribution >= 0.6 is 0 Å². The van der Waals surface area contributed by atoms with Gasteiger partial charge in [0.15, 0.2) is 0 Å². The SMILES string of the molecule is CC(C)CC(O)CNC(=O)C1(CN)CC1. The fraction of sp³-hybridized carbons (Fsp3) is 0.909. The van der Waals surface area contributed by atoms with Crippen LogP contribution in [0.4, 0.5) is 0 Å². The lowest BCUT2D eigenvalue weighted by atomic mass is 10.0. The summed E-state index contributed by atoms with van der Waals surface area (Å²) in [6, 6.07) is 0. The number of carbonyl (C=O) groups is 1. The molecule has 1 aliphatic carbocycles. The van der Waals surface area contributed by atoms with Crippen molar-refractivity contribution in [3.05, 3.63) is 0 Å². The Balaban J connectivity index is 2.22. The van der Waals surface area contributed by atoms with Crippen LogP contribution in [-0.2, 0) is 4.79 Å². The van der Waals surface area contributed by atoms with E-state index in [-0.39, 0.29) is 11.3 Å². The summed E-state index contributed by atoms with van der Waals surface area (Å²) in [6.45, 7) is 4.86. The Labute approximate surface area is 91.2 Å². The molecule has 0 saturated heterocycles. The summed E-state index contributed by atoms with van der Waals surface area (Å²) in [6.07, 6.45) is 2.05. The Bertz CT molecular complexity index is 225. The van der Waals surface area contributed by atoms with E-state index in [0.717, 1.165) is 19.3 Å². The number of nitrogens with two attached hydrogens (primary N) is 1. The Kier molecular flexibility index (Phi) is 4.11. The van der Waals surface area contributed by atoms with E-state index < -0.39 is 6.10 Å². The Morgan fingerprint density at radius 2 is 2.13 bits per heavy atom. The van der Waals surface area contributed by atoms with Crippen LogP contribution in [0.15, 0.2) is 0 Å². The van der Waals surface area contributed by atoms with Crippen LogP contribution in [0.5, 0.6) is 0 Å². The minimum atomic E-state index is -0.442. The summed E-state index contributed by atoms with van der Waals surface area (Å²) in [5, 5.41) is 12.4. The molecule has 0 aliphatic heterocycles. The van der Waals surface area contributed by atoms with Crippen molar-refractivity contribution >= 4 is 5.91 Å². The van der Waals surface area contributed by atoms with E-state index in [1.54, 1.807) is 0 Å². The van der Waals surface area contributed by atoms with E-state index in [4.69, 9.17) is 5.73 Å². The van der Waals surface area contributed by atoms with E-state index in [1.165, 1.54) is 0 Å². The third kappa shape index (κ3) is 3.47. The third-order valence-electron chi connectivity index (χ3n) is 2.97. The highest BCUT2D eigenvalue weighted by molar-refractivity contribution is 5.85. The molecule has 1 atom stereocenters. The van der Waals surface area contributed by atoms with Crippen LogP contribution < -0.4 is 11.1 Å². The number of hydrogen-bond donors (Lipinski definition) is 3. The van der Waals surface area contributed by atoms with Gasteiger partial charge in [-0.2, -0.15) is 0 Å². The normalized spacial score (nSPS) is 20.1. The molecular formula is C11H22N2O2. The van der Waals surface area contributed by atoms with E-state index in [9.17, 15) is 9.90 Å². The molecule has 0 radical (unpaired) electrons. The predicted octanol–water partition coefficient (Wildman–Crippen LogP) is 0.249. The van der Waals surface area contributed by atoms with Crippen molar-refractivity contribution in [1.82, 2.24) is 5.32 Å². The highest BCUT2D eigenvalue weighted by Gasteiger charge is 2.48. The van der Waals surface area contributed by atoms with Crippen LogP contribution in [0.3, 0.4) is 0 Å². The van der Waals surface area contributed by atoms with E-state index in [2.05, 4.69) is 5.32 Å². The van der Waals surface area contributed by atoms with Crippen LogP contribution in [0.25, 0.3) is 0 Å². The third-order valence-corrected chi connectivity index (χ3v) is 2.97. The second-order valence-corrected chi connectivity index (χ2v) is 4.98. The van der Waals surface area contributed by atoms with Gasteiger partial charge in [-0.05, 0) is 25.2 Å². The van der Waals surface area contributed by atoms with Crippen LogP contribution in [0, 0.1) is 11.3 Å². The lowest BCUT2D eigenvalue weighted by Crippen LogP contribution is -2.40. The van der Waals surface area contributed by atoms with Crippen molar-refractivity contribution in [3.8, 4) is 0 Å². The first-order valence-corrected chi connectivity index (χ1v) is 5.66. The molecule has 1 fully saturated rings. The van der Waals surface area contributed by atoms with E-state index >= 15 is 0 Å². The maximum atomic E-state index is 11.6. The molecule has 4 heteroatoms. The van der Waals surface area contributed by atoms with Crippen molar-refractivity contribution < 1.29 is 9.90 Å². The van der Waals surface area contributed by atoms with Crippen molar-refractivity contribution in [3.63, 3.8) is 0 Å². The van der Waals surface area contributed by atoms with Crippen molar-refractivity contribution in [2.45, 2.75) is 39.2 Å². The second kappa shape index (κ2) is 4.94. The van der Waals surface area contributed by atoms with Gasteiger partial charge in [-0.25, -0.2) is 0 Å². The quantitative estimate of drug-likeness (QED) is 0.593. The lowest BCUT2D eigenvalue weighted by molar-refractivity contribution is -0.126. The van der Waals surface area contributed by atoms with Crippen molar-refractivity contribution in [2.24, 2.45) is 17.1 Å². The minimum Gasteiger partial charge on any atom is -0.391 e. The molecule has 0 aromatic heterocycles. The summed E-state index contributed by atoms with van der Waals surface area (Å²) in [5.74, 6) is 0.453. The number of aliphatic hydroxyl groups excluding tert-OH is 1. The summed E-state index contributed by atoms with van der Waals surface area (Å²) in [5.41, 5.74) is 5.23. The second-order valence-electron chi connectivity index (χ2n) is 4.98. The maximum Gasteiger partial charge on any atom is 0.227 e. The zero-order valence-corrected chi connectivity index (χ0v) is 9.62. The number of rotatable bonds is 6. The first-order valence-electron chi connectivity index (χ1n) is 5.66. The molecule has 1 rings (SSSR count). The van der Waals surface area contributed by atoms with Crippen LogP contribution in [0.2, 0.25) is 0 Å². The van der Waals surface area contributed by atoms with E-state index in [1.807, 2.05) is 13.8 Å². The van der Waals surface area contributed by atoms with Gasteiger partial charge >= 0.3 is 0 Å². The molecule has 1 saturated carbocycles. The van der Waals surface area contributed by atoms with Gasteiger partial charge in [0.05, 0.1) is 11.5 Å². The molecule has 88 valence electrons. The molecule has 15 heavy (non-hydrogen) atoms. The monoisotopic (exact) mass is 214 g/mol. The van der Waals surface area contributed by atoms with Gasteiger partial charge in [-0.1, -0.05) is 13.8 Å². The van der Waals surface area contributed by atoms with Crippen LogP contribution in [0.1, 0.15) is 33.1 Å². The number of amides is 1. The van der Waals surface area contributed by atoms with Crippen LogP contribution in [-0.4, -0.2) is 30.2 Å². The fourth-order valence-electron chi connectivity index (χ4n) is 1.70. The Hall–Kier alpha value is -0.610. The number of nitrogens with one attached hydrogen (secondary N) is 1. The summed E-state index contributed by atoms with van der Waals surface area (Å²) < 4.78 is 0. The smallest absolute Gasteiger partial charge is 0.227 e. The molecule has 0 bridgehead atoms. The van der Waals surface area contributed by atoms with Gasteiger partial charge in [-0.15, -0.1) is 0 Å². The molecule has 1 aliphatic rings. The predicted molar refractivity (Wildman–Crippen MR) is 59.2 cm³/mol. The molecule has 4 N–H and O–H groups in total. The molecular weight excluding hydrogens is 192 g/mol. The maximum absolute atomic E-state index is 11.6. The van der Waals surface area contributed by atoms with Gasteiger partial charge in [0.2, 0.25) is 5.91 Å². The minimum absolute atomic E-state index is 0.00723. The zero-order chi connectivity index (χ0) is 11.5. The largest absolute Gasteiger partial charge is 0.391 e. The molecule has 0 aromatic rings. The number of hydrogen-bond acceptors (Lipinski definition) is 3. The van der Waals surface area contributed by atoms with Crippen molar-refractivity contribution in [2.75, 3.05) is 13.1 Å². The molecule has 0 heterocycles. The molecule has 1 amide bonds. The first kappa shape index (κ1) is 12.5. The Morgan fingerprint density at radius 3 is 2.53 bits per heavy atom. The standard InChI is InChI=1S/C11H22N2O2/c1-8(2)5-9(14)6-13-10(15)11(7-12)3-4-11/h8-9,14H,3-7,12H2,1-2H3,(H,13,15). The number of aliphatic hydroxyl groups is 1. The summed E-state index contributed by atoms with van der Waals surface area (Å²) >= 11 is 0. The lowest BCUT2D eigenvalue weighted by Gasteiger charge is -2.17. The van der Waals surface area contributed by atoms with Gasteiger partial charge < -0.3 is 16.2 Å². The molecule has 0 aromatic carbocycles.